The van der Waals surface area contributed by atoms with Crippen LogP contribution in [0.5, 0.6) is 0 Å². The second-order valence-corrected chi connectivity index (χ2v) is 4.03. The van der Waals surface area contributed by atoms with Gasteiger partial charge in [-0.1, -0.05) is 12.1 Å². The van der Waals surface area contributed by atoms with Gasteiger partial charge in [-0.3, -0.25) is 0 Å². The van der Waals surface area contributed by atoms with E-state index in [1.54, 1.807) is 0 Å². The molecule has 0 spiro atoms. The molecule has 0 fully saturated rings. The van der Waals surface area contributed by atoms with Crippen molar-refractivity contribution in [2.24, 2.45) is 0 Å². The average molecular weight is 208 g/mol. The number of aliphatic hydroxyl groups is 1. The summed E-state index contributed by atoms with van der Waals surface area (Å²) in [5.41, 5.74) is 2.44. The number of nitrogens with one attached hydrogen (secondary N) is 1. The van der Waals surface area contributed by atoms with Gasteiger partial charge in [0.05, 0.1) is 6.61 Å². The van der Waals surface area contributed by atoms with Gasteiger partial charge in [-0.05, 0) is 24.6 Å². The molecule has 0 aromatic heterocycles. The van der Waals surface area contributed by atoms with Crippen LogP contribution in [-0.2, 0) is 6.54 Å². The molecule has 1 aromatic rings. The minimum atomic E-state index is 0.151. The predicted octanol–water partition coefficient (Wildman–Crippen LogP) is 1.22. The van der Waals surface area contributed by atoms with Crippen LogP contribution in [0.1, 0.15) is 12.5 Å². The Kier molecular flexibility index (Phi) is 4.59. The topological polar surface area (TPSA) is 35.5 Å². The van der Waals surface area contributed by atoms with Crippen molar-refractivity contribution in [1.29, 1.82) is 0 Å². The summed E-state index contributed by atoms with van der Waals surface area (Å²) >= 11 is 0. The van der Waals surface area contributed by atoms with Gasteiger partial charge in [0.25, 0.3) is 0 Å². The first-order valence-corrected chi connectivity index (χ1v) is 5.24. The van der Waals surface area contributed by atoms with E-state index >= 15 is 0 Å². The van der Waals surface area contributed by atoms with Gasteiger partial charge >= 0.3 is 0 Å². The highest BCUT2D eigenvalue weighted by atomic mass is 16.3. The fraction of sp³-hybridized carbons (Fsp3) is 0.500. The Bertz CT molecular complexity index is 282. The monoisotopic (exact) mass is 208 g/mol. The fourth-order valence-corrected chi connectivity index (χ4v) is 1.27. The van der Waals surface area contributed by atoms with Gasteiger partial charge in [-0.25, -0.2) is 0 Å². The lowest BCUT2D eigenvalue weighted by Crippen LogP contribution is -2.28. The maximum atomic E-state index is 8.86. The smallest absolute Gasteiger partial charge is 0.0582 e. The first-order valence-electron chi connectivity index (χ1n) is 5.24. The molecular weight excluding hydrogens is 188 g/mol. The van der Waals surface area contributed by atoms with Gasteiger partial charge in [-0.15, -0.1) is 0 Å². The second kappa shape index (κ2) is 5.73. The molecule has 0 saturated heterocycles. The van der Waals surface area contributed by atoms with Crippen LogP contribution in [0.4, 0.5) is 5.69 Å². The zero-order valence-corrected chi connectivity index (χ0v) is 9.70. The van der Waals surface area contributed by atoms with E-state index in [9.17, 15) is 0 Å². The standard InChI is InChI=1S/C12H20N2O/c1-10(9-15)13-8-11-4-6-12(7-5-11)14(2)3/h4-7,10,13,15H,8-9H2,1-3H3/t10-/m1/s1. The third-order valence-electron chi connectivity index (χ3n) is 2.38. The van der Waals surface area contributed by atoms with Gasteiger partial charge in [-0.2, -0.15) is 0 Å². The number of nitrogens with zero attached hydrogens (tertiary/aromatic N) is 1. The molecular formula is C12H20N2O. The Morgan fingerprint density at radius 3 is 2.33 bits per heavy atom. The Morgan fingerprint density at radius 1 is 1.27 bits per heavy atom. The predicted molar refractivity (Wildman–Crippen MR) is 64.2 cm³/mol. The van der Waals surface area contributed by atoms with Crippen LogP contribution >= 0.6 is 0 Å². The third kappa shape index (κ3) is 3.90. The summed E-state index contributed by atoms with van der Waals surface area (Å²) in [7, 11) is 4.06. The van der Waals surface area contributed by atoms with E-state index in [-0.39, 0.29) is 12.6 Å². The zero-order chi connectivity index (χ0) is 11.3. The van der Waals surface area contributed by atoms with Gasteiger partial charge in [0, 0.05) is 32.4 Å². The van der Waals surface area contributed by atoms with E-state index in [2.05, 4.69) is 34.5 Å². The molecule has 0 aliphatic carbocycles. The molecule has 0 radical (unpaired) electrons. The zero-order valence-electron chi connectivity index (χ0n) is 9.70. The first-order chi connectivity index (χ1) is 7.13. The van der Waals surface area contributed by atoms with Crippen molar-refractivity contribution in [3.05, 3.63) is 29.8 Å². The van der Waals surface area contributed by atoms with Crippen LogP contribution in [-0.4, -0.2) is 31.9 Å². The molecule has 2 N–H and O–H groups in total. The molecule has 1 aromatic carbocycles. The van der Waals surface area contributed by atoms with Crippen molar-refractivity contribution < 1.29 is 5.11 Å². The lowest BCUT2D eigenvalue weighted by atomic mass is 10.2. The first kappa shape index (κ1) is 12.0. The highest BCUT2D eigenvalue weighted by Gasteiger charge is 1.99. The molecule has 1 rings (SSSR count). The van der Waals surface area contributed by atoms with Crippen LogP contribution in [0.25, 0.3) is 0 Å². The quantitative estimate of drug-likeness (QED) is 0.764. The molecule has 1 atom stereocenters. The van der Waals surface area contributed by atoms with E-state index in [1.807, 2.05) is 21.0 Å². The summed E-state index contributed by atoms with van der Waals surface area (Å²) < 4.78 is 0. The fourth-order valence-electron chi connectivity index (χ4n) is 1.27. The molecule has 0 aliphatic heterocycles. The number of rotatable bonds is 5. The minimum absolute atomic E-state index is 0.151. The SMILES string of the molecule is C[C@H](CO)NCc1ccc(N(C)C)cc1. The van der Waals surface area contributed by atoms with Crippen LogP contribution in [0.3, 0.4) is 0 Å². The molecule has 0 heterocycles. The average Bonchev–Trinajstić information content (AvgIpc) is 2.26. The Morgan fingerprint density at radius 2 is 1.87 bits per heavy atom. The number of hydrogen-bond donors (Lipinski definition) is 2. The van der Waals surface area contributed by atoms with Crippen molar-refractivity contribution in [2.45, 2.75) is 19.5 Å². The molecule has 0 aliphatic rings. The van der Waals surface area contributed by atoms with E-state index in [4.69, 9.17) is 5.11 Å². The summed E-state index contributed by atoms with van der Waals surface area (Å²) in [5.74, 6) is 0. The third-order valence-corrected chi connectivity index (χ3v) is 2.38. The molecule has 0 saturated carbocycles. The maximum absolute atomic E-state index is 8.86. The normalized spacial score (nSPS) is 12.5. The van der Waals surface area contributed by atoms with Crippen LogP contribution in [0, 0.1) is 0 Å². The molecule has 0 amide bonds. The molecule has 0 unspecified atom stereocenters. The summed E-state index contributed by atoms with van der Waals surface area (Å²) in [5, 5.41) is 12.1. The van der Waals surface area contributed by atoms with Gasteiger partial charge in [0.1, 0.15) is 0 Å². The number of hydrogen-bond acceptors (Lipinski definition) is 3. The largest absolute Gasteiger partial charge is 0.395 e. The lowest BCUT2D eigenvalue weighted by Gasteiger charge is -2.14. The van der Waals surface area contributed by atoms with Crippen LogP contribution in [0.15, 0.2) is 24.3 Å². The van der Waals surface area contributed by atoms with Gasteiger partial charge in [0.15, 0.2) is 0 Å². The molecule has 0 bridgehead atoms. The summed E-state index contributed by atoms with van der Waals surface area (Å²) in [6.07, 6.45) is 0. The molecule has 3 nitrogen and oxygen atoms in total. The Labute approximate surface area is 91.7 Å². The van der Waals surface area contributed by atoms with Gasteiger partial charge < -0.3 is 15.3 Å². The summed E-state index contributed by atoms with van der Waals surface area (Å²) in [6, 6.07) is 8.55. The number of aliphatic hydroxyl groups excluding tert-OH is 1. The van der Waals surface area contributed by atoms with Crippen molar-refractivity contribution >= 4 is 5.69 Å². The van der Waals surface area contributed by atoms with E-state index < -0.39 is 0 Å². The summed E-state index contributed by atoms with van der Waals surface area (Å²) in [4.78, 5) is 2.08. The van der Waals surface area contributed by atoms with Crippen LogP contribution < -0.4 is 10.2 Å². The number of benzene rings is 1. The number of anilines is 1. The highest BCUT2D eigenvalue weighted by molar-refractivity contribution is 5.45. The van der Waals surface area contributed by atoms with Crippen molar-refractivity contribution in [3.63, 3.8) is 0 Å². The van der Waals surface area contributed by atoms with Crippen molar-refractivity contribution in [1.82, 2.24) is 5.32 Å². The maximum Gasteiger partial charge on any atom is 0.0582 e. The van der Waals surface area contributed by atoms with E-state index in [0.717, 1.165) is 6.54 Å². The highest BCUT2D eigenvalue weighted by Crippen LogP contribution is 2.11. The second-order valence-electron chi connectivity index (χ2n) is 4.03. The molecule has 84 valence electrons. The summed E-state index contributed by atoms with van der Waals surface area (Å²) in [6.45, 7) is 2.94. The Hall–Kier alpha value is -1.06. The van der Waals surface area contributed by atoms with E-state index in [1.165, 1.54) is 11.3 Å². The van der Waals surface area contributed by atoms with E-state index in [0.29, 0.717) is 0 Å². The minimum Gasteiger partial charge on any atom is -0.395 e. The van der Waals surface area contributed by atoms with Crippen molar-refractivity contribution in [2.75, 3.05) is 25.6 Å². The van der Waals surface area contributed by atoms with Crippen LogP contribution in [0.2, 0.25) is 0 Å². The molecule has 3 heteroatoms. The van der Waals surface area contributed by atoms with Crippen molar-refractivity contribution in [3.8, 4) is 0 Å². The molecule has 15 heavy (non-hydrogen) atoms. The Balaban J connectivity index is 2.50. The lowest BCUT2D eigenvalue weighted by molar-refractivity contribution is 0.251. The van der Waals surface area contributed by atoms with Gasteiger partial charge in [0.2, 0.25) is 0 Å².